The number of hydrogen-bond acceptors (Lipinski definition) is 9. The zero-order valence-corrected chi connectivity index (χ0v) is 62.2. The topological polar surface area (TPSA) is 267 Å². The molecule has 19 heteroatoms. The van der Waals surface area contributed by atoms with E-state index in [1.165, 1.54) is 54.3 Å². The van der Waals surface area contributed by atoms with Crippen LogP contribution in [0.2, 0.25) is 0 Å². The zero-order valence-electron chi connectivity index (χ0n) is 55.0. The van der Waals surface area contributed by atoms with Crippen LogP contribution < -0.4 is 41.6 Å². The van der Waals surface area contributed by atoms with Gasteiger partial charge in [0.05, 0.1) is 5.41 Å². The Hall–Kier alpha value is -2.86. The number of allylic oxidation sites excluding steroid dienone is 4. The molecule has 0 aliphatic heterocycles. The van der Waals surface area contributed by atoms with Crippen LogP contribution in [-0.4, -0.2) is 51.8 Å². The summed E-state index contributed by atoms with van der Waals surface area (Å²) in [7, 11) is 0. The maximum absolute atomic E-state index is 14.3. The second-order valence-electron chi connectivity index (χ2n) is 33.9. The maximum atomic E-state index is 14.3. The van der Waals surface area contributed by atoms with Crippen molar-refractivity contribution in [2.24, 2.45) is 89.7 Å². The number of carbonyl (C=O) groups excluding carboxylic acids is 2. The smallest absolute Gasteiger partial charge is 0.266 e. The van der Waals surface area contributed by atoms with Crippen LogP contribution in [-0.2, 0) is 39.7 Å². The molecule has 6 fully saturated rings. The van der Waals surface area contributed by atoms with E-state index < -0.39 is 0 Å². The number of H-pyrrole nitrogens is 6. The minimum absolute atomic E-state index is 0.0000890. The Morgan fingerprint density at radius 1 is 0.568 bits per heavy atom. The van der Waals surface area contributed by atoms with Crippen molar-refractivity contribution >= 4 is 77.3 Å². The second kappa shape index (κ2) is 22.4. The van der Waals surface area contributed by atoms with Crippen molar-refractivity contribution in [3.63, 3.8) is 0 Å². The molecule has 14 rings (SSSR count). The predicted octanol–water partition coefficient (Wildman–Crippen LogP) is 12.3. The van der Waals surface area contributed by atoms with Gasteiger partial charge in [0.25, 0.3) is 11.1 Å². The monoisotopic (exact) mass is 1560 g/mol. The quantitative estimate of drug-likeness (QED) is 0.0533. The summed E-state index contributed by atoms with van der Waals surface area (Å²) in [5, 5.41) is 25.8. The standard InChI is InChI=1S/C35H51N5O2.C31H46ClN3O.C3H5N3O.I3/c1-30(2)12-14-35(26(41)16-20-17-27(42)38-37-20)15-13-33(6)22(23(35)19-30)8-9-25-32(5)18-21-28(39-40-29(21)36)31(3,4)24(32)10-11-34(25,33)7;1-26(2)12-14-31(25(32)36)15-13-29(6)19(20(31)17-26)8-9-22-28(5)16-18-23(34-35-24(18)33)27(3,4)21(28)10-11-30(22,29)7;4-2-1-3(7)6-5-2;1-3-2/h8,17,23-25H,9-16,18-19H2,1-7H3,(H3,36,39,40)(H2,37,38,42);8,20-22H,9-17H2,1-7H3,(H3,33,34,35);1H,(H4,4,5,6,7);/q;;;-1/t23?,24?,25?,32-,33+,34+,35-;20?,21?,22?,28-,29+,30+,31-;;/m00../s1. The van der Waals surface area contributed by atoms with Gasteiger partial charge in [-0.05, 0) is 206 Å². The molecule has 10 aliphatic carbocycles. The fraction of sp³-hybridized carbons (Fsp3) is 0.739. The Bertz CT molecular complexity index is 3570. The van der Waals surface area contributed by atoms with E-state index in [0.29, 0.717) is 72.3 Å². The zero-order chi connectivity index (χ0) is 64.2. The first-order valence-corrected chi connectivity index (χ1v) is 45.8. The van der Waals surface area contributed by atoms with Gasteiger partial charge in [0.1, 0.15) is 23.2 Å². The molecule has 0 amide bonds. The fourth-order valence-electron chi connectivity index (χ4n) is 23.4. The molecule has 15 nitrogen and oxygen atoms in total. The number of aromatic amines is 6. The van der Waals surface area contributed by atoms with Gasteiger partial charge in [-0.1, -0.05) is 120 Å². The van der Waals surface area contributed by atoms with Gasteiger partial charge in [-0.3, -0.25) is 44.7 Å². The third-order valence-electron chi connectivity index (χ3n) is 28.3. The summed E-state index contributed by atoms with van der Waals surface area (Å²) >= 11 is 11.8. The van der Waals surface area contributed by atoms with Gasteiger partial charge in [-0.25, -0.2) is 0 Å². The van der Waals surface area contributed by atoms with Crippen molar-refractivity contribution in [3.05, 3.63) is 84.3 Å². The molecule has 14 atom stereocenters. The third kappa shape index (κ3) is 9.97. The number of Topliss-reactive ketones (excluding diaryl/α,β-unsaturated/α-hetero) is 1. The minimum atomic E-state index is -0.361. The number of fused-ring (bicyclic) bond motifs is 16. The van der Waals surface area contributed by atoms with Gasteiger partial charge in [-0.15, -0.1) is 0 Å². The van der Waals surface area contributed by atoms with E-state index in [1.54, 1.807) is 17.2 Å². The molecule has 4 heterocycles. The molecule has 0 bridgehead atoms. The summed E-state index contributed by atoms with van der Waals surface area (Å²) < 4.78 is 0. The average Bonchev–Trinajstić information content (AvgIpc) is 0.790. The van der Waals surface area contributed by atoms with E-state index in [1.807, 2.05) is 0 Å². The summed E-state index contributed by atoms with van der Waals surface area (Å²) in [5.41, 5.74) is 27.1. The number of hydrogen-bond donors (Lipinski definition) is 9. The molecule has 88 heavy (non-hydrogen) atoms. The maximum Gasteiger partial charge on any atom is 0.266 e. The Balaban J connectivity index is 0.000000159. The van der Waals surface area contributed by atoms with E-state index in [0.717, 1.165) is 89.9 Å². The molecular formula is C69H102ClI3N11O4-. The summed E-state index contributed by atoms with van der Waals surface area (Å²) in [4.78, 5) is 49.3. The van der Waals surface area contributed by atoms with Crippen LogP contribution in [0, 0.1) is 89.7 Å². The molecule has 0 saturated heterocycles. The van der Waals surface area contributed by atoms with Gasteiger partial charge < -0.3 is 22.3 Å². The fourth-order valence-corrected chi connectivity index (χ4v) is 23.7. The number of nitrogen functional groups attached to an aromatic ring is 3. The molecule has 10 aliphatic rings. The number of nitrogens with one attached hydrogen (secondary N) is 6. The van der Waals surface area contributed by atoms with Crippen LogP contribution in [0.5, 0.6) is 0 Å². The number of rotatable bonds is 4. The van der Waals surface area contributed by atoms with Crippen molar-refractivity contribution < 1.29 is 22.8 Å². The Kier molecular flexibility index (Phi) is 16.9. The SMILES string of the molecule is CC1(C)CC[C@]2(C(=O)Cc3cc(=O)[nH][nH]3)CC[C@]3(C)C(=CCC4[C@@]5(C)Cc6c(N)n[nH]c6C(C)(C)C5CC[C@]43C)C2C1.CC1(C)CC[C@]2(C(=O)Cl)CC[C@]3(C)C(=CCC4[C@@]5(C)Cc6c(N)n[nH]c6C(C)(C)C5CC[C@]43C)C2C1.I[I-]I.Nc1cc(=O)[nH][nH]1. The second-order valence-corrected chi connectivity index (χ2v) is 50.5. The molecule has 0 radical (unpaired) electrons. The van der Waals surface area contributed by atoms with E-state index in [9.17, 15) is 19.2 Å². The number of ketones is 1. The Morgan fingerprint density at radius 2 is 0.977 bits per heavy atom. The van der Waals surface area contributed by atoms with Crippen LogP contribution in [0.3, 0.4) is 0 Å². The number of nitrogens with zero attached hydrogens (tertiary/aromatic N) is 2. The molecule has 4 aromatic heterocycles. The van der Waals surface area contributed by atoms with Gasteiger partial charge in [-0.2, -0.15) is 10.2 Å². The third-order valence-corrected chi connectivity index (χ3v) is 28.7. The van der Waals surface area contributed by atoms with Crippen LogP contribution in [0.4, 0.5) is 17.5 Å². The molecule has 0 aromatic carbocycles. The number of aromatic nitrogens is 8. The molecule has 6 unspecified atom stereocenters. The molecular weight excluding hydrogens is 1460 g/mol. The first-order chi connectivity index (χ1) is 40.9. The number of carbonyl (C=O) groups is 2. The van der Waals surface area contributed by atoms with E-state index >= 15 is 0 Å². The normalized spacial score (nSPS) is 39.7. The van der Waals surface area contributed by atoms with Crippen LogP contribution in [0.25, 0.3) is 0 Å². The van der Waals surface area contributed by atoms with Gasteiger partial charge >= 0.3 is 50.5 Å². The summed E-state index contributed by atoms with van der Waals surface area (Å²) in [5.74, 6) is 4.89. The van der Waals surface area contributed by atoms with Crippen LogP contribution in [0.15, 0.2) is 45.0 Å². The number of halogens is 4. The molecule has 0 spiro atoms. The number of anilines is 3. The van der Waals surface area contributed by atoms with Gasteiger partial charge in [0.2, 0.25) is 5.24 Å². The van der Waals surface area contributed by atoms with E-state index in [2.05, 4.69) is 187 Å². The van der Waals surface area contributed by atoms with Crippen molar-refractivity contribution in [2.45, 2.75) is 230 Å². The average molecular weight is 1570 g/mol. The minimum Gasteiger partial charge on any atom is -0.384 e. The van der Waals surface area contributed by atoms with Crippen molar-refractivity contribution in [3.8, 4) is 0 Å². The van der Waals surface area contributed by atoms with Gasteiger partial charge in [0.15, 0.2) is 0 Å². The van der Waals surface area contributed by atoms with Crippen LogP contribution >= 0.6 is 48.8 Å². The van der Waals surface area contributed by atoms with E-state index in [4.69, 9.17) is 28.8 Å². The largest absolute Gasteiger partial charge is 0.384 e. The first kappa shape index (κ1) is 66.6. The molecule has 4 aromatic rings. The summed E-state index contributed by atoms with van der Waals surface area (Å²) in [6.07, 6.45) is 24.8. The Labute approximate surface area is 557 Å². The molecule has 12 N–H and O–H groups in total. The Morgan fingerprint density at radius 3 is 1.38 bits per heavy atom. The first-order valence-electron chi connectivity index (χ1n) is 32.9. The molecule has 6 saturated carbocycles. The van der Waals surface area contributed by atoms with E-state index in [-0.39, 0.29) is 93.2 Å². The van der Waals surface area contributed by atoms with Crippen molar-refractivity contribution in [2.75, 3.05) is 17.2 Å². The summed E-state index contributed by atoms with van der Waals surface area (Å²) in [6.45, 7) is 34.7. The van der Waals surface area contributed by atoms with Crippen LogP contribution in [0.1, 0.15) is 228 Å². The van der Waals surface area contributed by atoms with Crippen molar-refractivity contribution in [1.82, 2.24) is 40.8 Å². The predicted molar refractivity (Wildman–Crippen MR) is 366 cm³/mol. The van der Waals surface area contributed by atoms with Crippen molar-refractivity contribution in [1.29, 1.82) is 0 Å². The molecule has 486 valence electrons. The number of nitrogens with two attached hydrogens (primary N) is 3. The summed E-state index contributed by atoms with van der Waals surface area (Å²) in [6, 6.07) is 2.83. The van der Waals surface area contributed by atoms with Gasteiger partial charge in [0, 0.05) is 63.0 Å².